The van der Waals surface area contributed by atoms with Crippen molar-refractivity contribution in [2.24, 2.45) is 17.3 Å². The molecule has 2 bridgehead atoms. The van der Waals surface area contributed by atoms with E-state index in [0.717, 1.165) is 22.6 Å². The van der Waals surface area contributed by atoms with Crippen LogP contribution >= 0.6 is 11.6 Å². The first-order valence-electron chi connectivity index (χ1n) is 6.67. The number of halogens is 1. The first-order valence-corrected chi connectivity index (χ1v) is 7.05. The molecule has 1 fully saturated rings. The van der Waals surface area contributed by atoms with Crippen LogP contribution in [-0.4, -0.2) is 5.78 Å². The van der Waals surface area contributed by atoms with Gasteiger partial charge in [-0.2, -0.15) is 0 Å². The van der Waals surface area contributed by atoms with Crippen molar-refractivity contribution >= 4 is 17.4 Å². The highest BCUT2D eigenvalue weighted by molar-refractivity contribution is 6.32. The monoisotopic (exact) mass is 258 g/mol. The molecule has 1 aromatic rings. The topological polar surface area (TPSA) is 17.1 Å². The fourth-order valence-electron chi connectivity index (χ4n) is 4.29. The van der Waals surface area contributed by atoms with Gasteiger partial charge in [-0.05, 0) is 48.1 Å². The summed E-state index contributed by atoms with van der Waals surface area (Å²) in [5.41, 5.74) is 2.13. The van der Waals surface area contributed by atoms with Crippen LogP contribution in [0.5, 0.6) is 0 Å². The van der Waals surface area contributed by atoms with Gasteiger partial charge in [-0.15, -0.1) is 0 Å². The van der Waals surface area contributed by atoms with Gasteiger partial charge in [-0.25, -0.2) is 0 Å². The second kappa shape index (κ2) is 3.48. The Bertz CT molecular complexity index is 574. The standard InChI is InChI=1S/C16H15ClO/c17-14-3-1-2-12-13(14)8-16(9-15(12)18)7-10-4-5-11(16)6-10/h1-5,10-11H,6-9H2. The number of hydrogen-bond acceptors (Lipinski definition) is 1. The molecule has 0 heterocycles. The average Bonchev–Trinajstić information content (AvgIpc) is 2.91. The summed E-state index contributed by atoms with van der Waals surface area (Å²) in [6.07, 6.45) is 8.79. The molecule has 4 rings (SSSR count). The quantitative estimate of drug-likeness (QED) is 0.642. The fraction of sp³-hybridized carbons (Fsp3) is 0.438. The van der Waals surface area contributed by atoms with Gasteiger partial charge in [-0.3, -0.25) is 4.79 Å². The molecule has 18 heavy (non-hydrogen) atoms. The minimum Gasteiger partial charge on any atom is -0.294 e. The van der Waals surface area contributed by atoms with E-state index >= 15 is 0 Å². The Balaban J connectivity index is 1.83. The minimum absolute atomic E-state index is 0.175. The maximum atomic E-state index is 12.4. The molecule has 0 radical (unpaired) electrons. The SMILES string of the molecule is O=C1CC2(Cc3c(Cl)cccc31)CC1C=CC2C1. The molecule has 1 nitrogen and oxygen atoms in total. The van der Waals surface area contributed by atoms with Crippen LogP contribution in [0.2, 0.25) is 5.02 Å². The number of carbonyl (C=O) groups is 1. The number of carbonyl (C=O) groups excluding carboxylic acids is 1. The maximum Gasteiger partial charge on any atom is 0.163 e. The van der Waals surface area contributed by atoms with Crippen LogP contribution in [0.15, 0.2) is 30.4 Å². The number of Topliss-reactive ketones (excluding diaryl/α,β-unsaturated/α-hetero) is 1. The molecule has 1 spiro atoms. The largest absolute Gasteiger partial charge is 0.294 e. The number of hydrogen-bond donors (Lipinski definition) is 0. The molecule has 1 saturated carbocycles. The predicted molar refractivity (Wildman–Crippen MR) is 71.9 cm³/mol. The van der Waals surface area contributed by atoms with Crippen molar-refractivity contribution in [2.75, 3.05) is 0 Å². The van der Waals surface area contributed by atoms with Gasteiger partial charge in [0.05, 0.1) is 0 Å². The molecule has 0 aromatic heterocycles. The Morgan fingerprint density at radius 2 is 2.11 bits per heavy atom. The zero-order valence-corrected chi connectivity index (χ0v) is 10.9. The third-order valence-corrected chi connectivity index (χ3v) is 5.44. The summed E-state index contributed by atoms with van der Waals surface area (Å²) in [5, 5.41) is 0.770. The van der Waals surface area contributed by atoms with Gasteiger partial charge in [0, 0.05) is 17.0 Å². The fourth-order valence-corrected chi connectivity index (χ4v) is 4.53. The highest BCUT2D eigenvalue weighted by Crippen LogP contribution is 2.58. The molecule has 1 aromatic carbocycles. The van der Waals surface area contributed by atoms with E-state index in [0.29, 0.717) is 24.0 Å². The summed E-state index contributed by atoms with van der Waals surface area (Å²) in [7, 11) is 0. The number of allylic oxidation sites excluding steroid dienone is 2. The third-order valence-electron chi connectivity index (χ3n) is 5.09. The second-order valence-electron chi connectivity index (χ2n) is 6.10. The molecule has 3 unspecified atom stereocenters. The van der Waals surface area contributed by atoms with Crippen molar-refractivity contribution in [1.82, 2.24) is 0 Å². The summed E-state index contributed by atoms with van der Waals surface area (Å²) < 4.78 is 0. The Kier molecular flexibility index (Phi) is 2.09. The average molecular weight is 259 g/mol. The predicted octanol–water partition coefficient (Wildman–Crippen LogP) is 4.05. The van der Waals surface area contributed by atoms with Gasteiger partial charge in [-0.1, -0.05) is 35.9 Å². The van der Waals surface area contributed by atoms with Crippen LogP contribution in [0.25, 0.3) is 0 Å². The molecule has 2 heteroatoms. The summed E-state index contributed by atoms with van der Waals surface area (Å²) in [6, 6.07) is 5.73. The smallest absolute Gasteiger partial charge is 0.163 e. The number of rotatable bonds is 0. The van der Waals surface area contributed by atoms with Gasteiger partial charge in [0.25, 0.3) is 0 Å². The van der Waals surface area contributed by atoms with Gasteiger partial charge >= 0.3 is 0 Å². The van der Waals surface area contributed by atoms with E-state index in [2.05, 4.69) is 12.2 Å². The highest BCUT2D eigenvalue weighted by Gasteiger charge is 2.51. The summed E-state index contributed by atoms with van der Waals surface area (Å²) in [6.45, 7) is 0. The minimum atomic E-state index is 0.175. The Labute approximate surface area is 112 Å². The molecular formula is C16H15ClO. The lowest BCUT2D eigenvalue weighted by molar-refractivity contribution is 0.0848. The van der Waals surface area contributed by atoms with Crippen molar-refractivity contribution in [1.29, 1.82) is 0 Å². The van der Waals surface area contributed by atoms with Gasteiger partial charge in [0.2, 0.25) is 0 Å². The Hall–Kier alpha value is -1.08. The first kappa shape index (κ1) is 10.8. The van der Waals surface area contributed by atoms with E-state index in [-0.39, 0.29) is 5.41 Å². The highest BCUT2D eigenvalue weighted by atomic mass is 35.5. The van der Waals surface area contributed by atoms with Crippen LogP contribution in [0.4, 0.5) is 0 Å². The van der Waals surface area contributed by atoms with Gasteiger partial charge in [0.1, 0.15) is 0 Å². The van der Waals surface area contributed by atoms with Crippen LogP contribution in [0.3, 0.4) is 0 Å². The summed E-state index contributed by atoms with van der Waals surface area (Å²) >= 11 is 6.30. The second-order valence-corrected chi connectivity index (χ2v) is 6.50. The van der Waals surface area contributed by atoms with E-state index in [1.807, 2.05) is 18.2 Å². The van der Waals surface area contributed by atoms with E-state index in [9.17, 15) is 4.79 Å². The molecule has 92 valence electrons. The molecule has 0 saturated heterocycles. The van der Waals surface area contributed by atoms with E-state index in [1.165, 1.54) is 12.8 Å². The number of fused-ring (bicyclic) bond motifs is 4. The Morgan fingerprint density at radius 1 is 1.22 bits per heavy atom. The van der Waals surface area contributed by atoms with Crippen LogP contribution in [0, 0.1) is 17.3 Å². The van der Waals surface area contributed by atoms with Crippen LogP contribution in [0.1, 0.15) is 35.2 Å². The lowest BCUT2D eigenvalue weighted by Gasteiger charge is -2.39. The lowest BCUT2D eigenvalue weighted by Crippen LogP contribution is -2.36. The molecule has 0 N–H and O–H groups in total. The van der Waals surface area contributed by atoms with Crippen molar-refractivity contribution < 1.29 is 4.79 Å². The Morgan fingerprint density at radius 3 is 2.83 bits per heavy atom. The zero-order chi connectivity index (χ0) is 12.3. The third kappa shape index (κ3) is 1.31. The van der Waals surface area contributed by atoms with Crippen molar-refractivity contribution in [3.05, 3.63) is 46.5 Å². The van der Waals surface area contributed by atoms with E-state index < -0.39 is 0 Å². The zero-order valence-electron chi connectivity index (χ0n) is 10.2. The summed E-state index contributed by atoms with van der Waals surface area (Å²) in [5.74, 6) is 1.59. The van der Waals surface area contributed by atoms with Crippen molar-refractivity contribution in [3.8, 4) is 0 Å². The molecule has 0 aliphatic heterocycles. The van der Waals surface area contributed by atoms with E-state index in [1.54, 1.807) is 0 Å². The van der Waals surface area contributed by atoms with E-state index in [4.69, 9.17) is 11.6 Å². The number of ketones is 1. The van der Waals surface area contributed by atoms with Crippen molar-refractivity contribution in [3.63, 3.8) is 0 Å². The molecule has 0 amide bonds. The lowest BCUT2D eigenvalue weighted by atomic mass is 9.64. The maximum absolute atomic E-state index is 12.4. The van der Waals surface area contributed by atoms with Crippen molar-refractivity contribution in [2.45, 2.75) is 25.7 Å². The molecule has 3 atom stereocenters. The van der Waals surface area contributed by atoms with Crippen LogP contribution < -0.4 is 0 Å². The summed E-state index contributed by atoms with van der Waals surface area (Å²) in [4.78, 5) is 12.4. The molecule has 3 aliphatic rings. The number of benzene rings is 1. The first-order chi connectivity index (χ1) is 8.68. The van der Waals surface area contributed by atoms with Gasteiger partial charge < -0.3 is 0 Å². The molecule has 3 aliphatic carbocycles. The normalized spacial score (nSPS) is 36.4. The molecular weight excluding hydrogens is 244 g/mol. The van der Waals surface area contributed by atoms with Gasteiger partial charge in [0.15, 0.2) is 5.78 Å². The van der Waals surface area contributed by atoms with Crippen LogP contribution in [-0.2, 0) is 6.42 Å².